The van der Waals surface area contributed by atoms with Gasteiger partial charge in [-0.15, -0.1) is 4.72 Å². The lowest BCUT2D eigenvalue weighted by Gasteiger charge is -2.44. The number of hydrogen-bond donors (Lipinski definition) is 2. The Labute approximate surface area is 135 Å². The molecule has 22 heavy (non-hydrogen) atoms. The van der Waals surface area contributed by atoms with Crippen molar-refractivity contribution in [1.29, 1.82) is 0 Å². The predicted octanol–water partition coefficient (Wildman–Crippen LogP) is 1.98. The summed E-state index contributed by atoms with van der Waals surface area (Å²) in [5, 5.41) is 9.11. The van der Waals surface area contributed by atoms with Gasteiger partial charge in [0.05, 0.1) is 18.2 Å². The zero-order valence-corrected chi connectivity index (χ0v) is 15.0. The molecule has 0 aromatic carbocycles. The van der Waals surface area contributed by atoms with Gasteiger partial charge in [-0.25, -0.2) is 4.79 Å². The van der Waals surface area contributed by atoms with E-state index in [4.69, 9.17) is 9.84 Å². The van der Waals surface area contributed by atoms with Gasteiger partial charge in [0.15, 0.2) is 0 Å². The zero-order valence-electron chi connectivity index (χ0n) is 14.1. The van der Waals surface area contributed by atoms with E-state index in [2.05, 4.69) is 18.6 Å². The van der Waals surface area contributed by atoms with Gasteiger partial charge in [0.25, 0.3) is 0 Å². The van der Waals surface area contributed by atoms with E-state index < -0.39 is 23.1 Å². The Kier molecular flexibility index (Phi) is 4.75. The molecule has 6 nitrogen and oxygen atoms in total. The number of carbonyl (C=O) groups is 1. The Bertz CT molecular complexity index is 428. The summed E-state index contributed by atoms with van der Waals surface area (Å²) in [7, 11) is 0. The second-order valence-corrected chi connectivity index (χ2v) is 10.0. The van der Waals surface area contributed by atoms with Gasteiger partial charge in [-0.3, -0.25) is 0 Å². The average Bonchev–Trinajstić information content (AvgIpc) is 2.63. The second-order valence-electron chi connectivity index (χ2n) is 8.04. The van der Waals surface area contributed by atoms with Crippen LogP contribution in [0.2, 0.25) is 0 Å². The first kappa shape index (κ1) is 17.8. The number of carboxylic acid groups (broad SMARTS) is 1. The van der Waals surface area contributed by atoms with Crippen molar-refractivity contribution < 1.29 is 19.2 Å². The Hall–Kier alpha value is -0.500. The topological polar surface area (TPSA) is 84.9 Å². The first-order valence-corrected chi connectivity index (χ1v) is 8.93. The lowest BCUT2D eigenvalue weighted by molar-refractivity contribution is -0.0493. The number of rotatable bonds is 2. The van der Waals surface area contributed by atoms with E-state index in [-0.39, 0.29) is 16.2 Å². The molecule has 0 aliphatic carbocycles. The Morgan fingerprint density at radius 3 is 2.36 bits per heavy atom. The molecular weight excluding hydrogens is 304 g/mol. The number of likely N-dealkylation sites (tertiary alicyclic amines) is 1. The van der Waals surface area contributed by atoms with Gasteiger partial charge in [0.2, 0.25) is 0 Å². The van der Waals surface area contributed by atoms with Crippen LogP contribution in [-0.2, 0) is 16.1 Å². The van der Waals surface area contributed by atoms with Crippen LogP contribution in [0.1, 0.15) is 47.5 Å². The van der Waals surface area contributed by atoms with Gasteiger partial charge >= 0.3 is 6.09 Å². The third-order valence-electron chi connectivity index (χ3n) is 4.70. The SMILES string of the molecule is CC1(C)COC2(CCN(C(=O)O)CC2)[C@@H]1N[S+]([O-])C(C)(C)C. The summed E-state index contributed by atoms with van der Waals surface area (Å²) in [4.78, 5) is 12.5. The molecule has 2 rings (SSSR count). The summed E-state index contributed by atoms with van der Waals surface area (Å²) in [5.41, 5.74) is -0.553. The summed E-state index contributed by atoms with van der Waals surface area (Å²) in [5.74, 6) is 0. The third kappa shape index (κ3) is 3.37. The number of ether oxygens (including phenoxy) is 1. The van der Waals surface area contributed by atoms with Gasteiger partial charge in [-0.2, -0.15) is 0 Å². The van der Waals surface area contributed by atoms with E-state index in [9.17, 15) is 9.35 Å². The minimum Gasteiger partial charge on any atom is -0.598 e. The number of nitrogens with one attached hydrogen (secondary N) is 1. The predicted molar refractivity (Wildman–Crippen MR) is 86.1 cm³/mol. The molecule has 2 atom stereocenters. The van der Waals surface area contributed by atoms with Crippen LogP contribution >= 0.6 is 0 Å². The van der Waals surface area contributed by atoms with Crippen molar-refractivity contribution >= 4 is 17.5 Å². The van der Waals surface area contributed by atoms with Crippen LogP contribution in [0.25, 0.3) is 0 Å². The molecule has 0 bridgehead atoms. The van der Waals surface area contributed by atoms with Crippen LogP contribution < -0.4 is 4.72 Å². The molecule has 2 heterocycles. The molecule has 1 spiro atoms. The maximum absolute atomic E-state index is 12.5. The first-order chi connectivity index (χ1) is 9.98. The van der Waals surface area contributed by atoms with E-state index in [0.717, 1.165) is 0 Å². The van der Waals surface area contributed by atoms with Gasteiger partial charge in [-0.1, -0.05) is 13.8 Å². The highest BCUT2D eigenvalue weighted by atomic mass is 32.2. The van der Waals surface area contributed by atoms with Crippen molar-refractivity contribution in [3.05, 3.63) is 0 Å². The van der Waals surface area contributed by atoms with Gasteiger partial charge in [0.1, 0.15) is 4.75 Å². The molecule has 2 aliphatic heterocycles. The molecular formula is C15H28N2O4S. The minimum atomic E-state index is -1.18. The summed E-state index contributed by atoms with van der Waals surface area (Å²) < 4.78 is 21.6. The van der Waals surface area contributed by atoms with Crippen molar-refractivity contribution in [3.8, 4) is 0 Å². The maximum Gasteiger partial charge on any atom is 0.407 e. The largest absolute Gasteiger partial charge is 0.598 e. The van der Waals surface area contributed by atoms with E-state index in [1.54, 1.807) is 0 Å². The van der Waals surface area contributed by atoms with Crippen molar-refractivity contribution in [2.24, 2.45) is 5.41 Å². The minimum absolute atomic E-state index is 0.0454. The summed E-state index contributed by atoms with van der Waals surface area (Å²) in [6.07, 6.45) is 0.401. The van der Waals surface area contributed by atoms with Crippen molar-refractivity contribution in [2.45, 2.75) is 63.9 Å². The lowest BCUT2D eigenvalue weighted by atomic mass is 9.75. The Morgan fingerprint density at radius 1 is 1.36 bits per heavy atom. The van der Waals surface area contributed by atoms with Gasteiger partial charge < -0.3 is 19.3 Å². The number of piperidine rings is 1. The summed E-state index contributed by atoms with van der Waals surface area (Å²) in [6, 6.07) is -0.0454. The molecule has 0 saturated carbocycles. The monoisotopic (exact) mass is 332 g/mol. The van der Waals surface area contributed by atoms with E-state index >= 15 is 0 Å². The van der Waals surface area contributed by atoms with Crippen molar-refractivity contribution in [2.75, 3.05) is 19.7 Å². The molecule has 2 fully saturated rings. The van der Waals surface area contributed by atoms with Crippen molar-refractivity contribution in [3.63, 3.8) is 0 Å². The molecule has 128 valence electrons. The quantitative estimate of drug-likeness (QED) is 0.755. The van der Waals surface area contributed by atoms with E-state index in [0.29, 0.717) is 32.5 Å². The lowest BCUT2D eigenvalue weighted by Crippen LogP contribution is -2.61. The standard InChI is InChI=1S/C15H28N2O4S/c1-13(2,3)22(20)16-11-14(4,5)10-21-15(11)6-8-17(9-7-15)12(18)19/h11,16H,6-10H2,1-5H3,(H,18,19)/t11-,22?/m1/s1. The van der Waals surface area contributed by atoms with Crippen LogP contribution in [0, 0.1) is 5.41 Å². The van der Waals surface area contributed by atoms with E-state index in [1.165, 1.54) is 4.90 Å². The summed E-state index contributed by atoms with van der Waals surface area (Å²) >= 11 is -1.18. The van der Waals surface area contributed by atoms with Gasteiger partial charge in [-0.05, 0) is 33.6 Å². The van der Waals surface area contributed by atoms with Crippen LogP contribution in [0.4, 0.5) is 4.79 Å². The molecule has 2 N–H and O–H groups in total. The molecule has 1 unspecified atom stereocenters. The van der Waals surface area contributed by atoms with Crippen LogP contribution in [0.5, 0.6) is 0 Å². The number of amides is 1. The van der Waals surface area contributed by atoms with Gasteiger partial charge in [0, 0.05) is 29.9 Å². The molecule has 2 aliphatic rings. The van der Waals surface area contributed by atoms with E-state index in [1.807, 2.05) is 20.8 Å². The first-order valence-electron chi connectivity index (χ1n) is 7.78. The smallest absolute Gasteiger partial charge is 0.407 e. The van der Waals surface area contributed by atoms with Crippen molar-refractivity contribution in [1.82, 2.24) is 9.62 Å². The highest BCUT2D eigenvalue weighted by Crippen LogP contribution is 2.45. The van der Waals surface area contributed by atoms with Crippen LogP contribution in [-0.4, -0.2) is 56.7 Å². The highest BCUT2D eigenvalue weighted by molar-refractivity contribution is 7.90. The van der Waals surface area contributed by atoms with Crippen LogP contribution in [0.15, 0.2) is 0 Å². The fraction of sp³-hybridized carbons (Fsp3) is 0.933. The average molecular weight is 332 g/mol. The third-order valence-corrected chi connectivity index (χ3v) is 6.26. The Morgan fingerprint density at radius 2 is 1.91 bits per heavy atom. The summed E-state index contributed by atoms with van der Waals surface area (Å²) in [6.45, 7) is 11.6. The molecule has 0 aromatic rings. The Balaban J connectivity index is 2.15. The number of nitrogens with zero attached hydrogens (tertiary/aromatic N) is 1. The molecule has 7 heteroatoms. The zero-order chi connectivity index (χ0) is 16.8. The highest BCUT2D eigenvalue weighted by Gasteiger charge is 2.57. The second kappa shape index (κ2) is 5.85. The molecule has 0 radical (unpaired) electrons. The molecule has 1 amide bonds. The number of hydrogen-bond acceptors (Lipinski definition) is 4. The fourth-order valence-electron chi connectivity index (χ4n) is 3.27. The fourth-order valence-corrected chi connectivity index (χ4v) is 4.37. The normalized spacial score (nSPS) is 28.8. The van der Waals surface area contributed by atoms with Crippen LogP contribution in [0.3, 0.4) is 0 Å². The molecule has 0 aromatic heterocycles. The molecule has 2 saturated heterocycles. The maximum atomic E-state index is 12.5.